The number of amides is 1. The Bertz CT molecular complexity index is 615. The quantitative estimate of drug-likeness (QED) is 0.847. The van der Waals surface area contributed by atoms with E-state index in [2.05, 4.69) is 15.4 Å². The van der Waals surface area contributed by atoms with E-state index in [1.165, 1.54) is 18.9 Å². The molecule has 0 spiro atoms. The highest BCUT2D eigenvalue weighted by atomic mass is 16.5. The van der Waals surface area contributed by atoms with Crippen molar-refractivity contribution in [2.75, 3.05) is 26.3 Å². The number of H-pyrrole nitrogens is 1. The Morgan fingerprint density at radius 2 is 2.00 bits per heavy atom. The van der Waals surface area contributed by atoms with Crippen LogP contribution in [0.2, 0.25) is 0 Å². The zero-order chi connectivity index (χ0) is 15.8. The Balaban J connectivity index is 1.43. The Labute approximate surface area is 134 Å². The average molecular weight is 321 g/mol. The second-order valence-electron chi connectivity index (χ2n) is 6.96. The van der Waals surface area contributed by atoms with Gasteiger partial charge in [-0.25, -0.2) is 0 Å². The van der Waals surface area contributed by atoms with Gasteiger partial charge in [0.2, 0.25) is 5.76 Å². The molecule has 3 fully saturated rings. The van der Waals surface area contributed by atoms with E-state index < -0.39 is 0 Å². The number of nitrogens with zero attached hydrogens (tertiary/aromatic N) is 1. The van der Waals surface area contributed by atoms with Crippen molar-refractivity contribution in [2.24, 2.45) is 11.8 Å². The molecular weight excluding hydrogens is 298 g/mol. The maximum Gasteiger partial charge on any atom is 0.290 e. The van der Waals surface area contributed by atoms with Crippen LogP contribution in [-0.4, -0.2) is 54.4 Å². The fraction of sp³-hybridized carbons (Fsp3) is 0.750. The summed E-state index contributed by atoms with van der Waals surface area (Å²) in [5.74, 6) is 0.998. The van der Waals surface area contributed by atoms with Gasteiger partial charge >= 0.3 is 0 Å². The maximum atomic E-state index is 12.3. The van der Waals surface area contributed by atoms with Gasteiger partial charge in [0.05, 0.1) is 6.07 Å². The Morgan fingerprint density at radius 1 is 1.22 bits per heavy atom. The summed E-state index contributed by atoms with van der Waals surface area (Å²) < 4.78 is 10.4. The standard InChI is InChI=1S/C16H23N3O4/c20-15-7-14(23-18-15)16(21)17-13-9-19(8-12(13)10-1-2-10)11-3-5-22-6-4-11/h7,10-13H,1-6,8-9H2,(H,17,21)(H,18,20)/t12-,13+/m1/s1. The number of ether oxygens (including phenoxy) is 1. The molecule has 2 aliphatic heterocycles. The molecule has 0 bridgehead atoms. The third kappa shape index (κ3) is 3.21. The fourth-order valence-corrected chi connectivity index (χ4v) is 4.00. The highest BCUT2D eigenvalue weighted by molar-refractivity contribution is 5.91. The lowest BCUT2D eigenvalue weighted by molar-refractivity contribution is 0.0404. The van der Waals surface area contributed by atoms with Crippen molar-refractivity contribution >= 4 is 5.91 Å². The number of carbonyl (C=O) groups is 1. The molecule has 7 nitrogen and oxygen atoms in total. The molecule has 1 aliphatic carbocycles. The molecule has 3 heterocycles. The van der Waals surface area contributed by atoms with Gasteiger partial charge in [-0.15, -0.1) is 0 Å². The Hall–Kier alpha value is -1.60. The van der Waals surface area contributed by atoms with E-state index in [0.29, 0.717) is 12.0 Å². The zero-order valence-electron chi connectivity index (χ0n) is 13.1. The fourth-order valence-electron chi connectivity index (χ4n) is 4.00. The van der Waals surface area contributed by atoms with Crippen molar-refractivity contribution in [2.45, 2.75) is 37.8 Å². The monoisotopic (exact) mass is 321 g/mol. The molecule has 4 rings (SSSR count). The van der Waals surface area contributed by atoms with Crippen LogP contribution in [0.4, 0.5) is 0 Å². The first-order valence-electron chi connectivity index (χ1n) is 8.52. The summed E-state index contributed by atoms with van der Waals surface area (Å²) in [7, 11) is 0. The molecule has 126 valence electrons. The van der Waals surface area contributed by atoms with Crippen LogP contribution in [0.1, 0.15) is 36.2 Å². The smallest absolute Gasteiger partial charge is 0.290 e. The number of aromatic amines is 1. The molecule has 0 unspecified atom stereocenters. The van der Waals surface area contributed by atoms with Crippen molar-refractivity contribution in [1.29, 1.82) is 0 Å². The lowest BCUT2D eigenvalue weighted by atomic mass is 9.98. The first kappa shape index (κ1) is 15.0. The molecule has 3 aliphatic rings. The average Bonchev–Trinajstić information content (AvgIpc) is 3.18. The third-order valence-electron chi connectivity index (χ3n) is 5.39. The van der Waals surface area contributed by atoms with Gasteiger partial charge in [0, 0.05) is 38.4 Å². The van der Waals surface area contributed by atoms with Crippen LogP contribution in [0.15, 0.2) is 15.4 Å². The molecule has 0 aromatic carbocycles. The van der Waals surface area contributed by atoms with Crippen LogP contribution >= 0.6 is 0 Å². The second kappa shape index (κ2) is 6.13. The number of aromatic nitrogens is 1. The van der Waals surface area contributed by atoms with Crippen molar-refractivity contribution in [1.82, 2.24) is 15.4 Å². The predicted octanol–water partition coefficient (Wildman–Crippen LogP) is 0.587. The Morgan fingerprint density at radius 3 is 2.65 bits per heavy atom. The molecule has 0 radical (unpaired) electrons. The number of carbonyl (C=O) groups excluding carboxylic acids is 1. The summed E-state index contributed by atoms with van der Waals surface area (Å²) in [6.45, 7) is 3.60. The molecule has 23 heavy (non-hydrogen) atoms. The lowest BCUT2D eigenvalue weighted by Crippen LogP contribution is -2.42. The minimum atomic E-state index is -0.385. The predicted molar refractivity (Wildman–Crippen MR) is 82.2 cm³/mol. The molecule has 1 aromatic heterocycles. The van der Waals surface area contributed by atoms with Gasteiger partial charge in [-0.2, -0.15) is 5.16 Å². The van der Waals surface area contributed by atoms with Gasteiger partial charge in [0.15, 0.2) is 0 Å². The minimum Gasteiger partial charge on any atom is -0.381 e. The van der Waals surface area contributed by atoms with E-state index >= 15 is 0 Å². The lowest BCUT2D eigenvalue weighted by Gasteiger charge is -2.31. The van der Waals surface area contributed by atoms with E-state index in [1.54, 1.807) is 0 Å². The number of likely N-dealkylation sites (tertiary alicyclic amines) is 1. The van der Waals surface area contributed by atoms with Crippen LogP contribution in [0.5, 0.6) is 0 Å². The Kier molecular flexibility index (Phi) is 3.98. The zero-order valence-corrected chi connectivity index (χ0v) is 13.1. The van der Waals surface area contributed by atoms with E-state index in [4.69, 9.17) is 9.26 Å². The molecule has 1 amide bonds. The van der Waals surface area contributed by atoms with Gasteiger partial charge in [0.25, 0.3) is 11.5 Å². The molecule has 2 atom stereocenters. The van der Waals surface area contributed by atoms with Gasteiger partial charge in [0.1, 0.15) is 0 Å². The van der Waals surface area contributed by atoms with E-state index in [0.717, 1.165) is 45.1 Å². The molecule has 2 N–H and O–H groups in total. The van der Waals surface area contributed by atoms with Crippen molar-refractivity contribution in [3.63, 3.8) is 0 Å². The summed E-state index contributed by atoms with van der Waals surface area (Å²) in [5, 5.41) is 5.25. The van der Waals surface area contributed by atoms with Gasteiger partial charge in [-0.05, 0) is 37.5 Å². The molecule has 7 heteroatoms. The highest BCUT2D eigenvalue weighted by Crippen LogP contribution is 2.42. The van der Waals surface area contributed by atoms with Crippen LogP contribution < -0.4 is 10.9 Å². The summed E-state index contributed by atoms with van der Waals surface area (Å²) in [5.41, 5.74) is -0.385. The van der Waals surface area contributed by atoms with E-state index in [1.807, 2.05) is 0 Å². The maximum absolute atomic E-state index is 12.3. The van der Waals surface area contributed by atoms with Crippen LogP contribution in [-0.2, 0) is 4.74 Å². The topological polar surface area (TPSA) is 87.6 Å². The molecule has 2 saturated heterocycles. The van der Waals surface area contributed by atoms with Crippen molar-refractivity contribution < 1.29 is 14.1 Å². The molecule has 1 aromatic rings. The van der Waals surface area contributed by atoms with Crippen LogP contribution in [0, 0.1) is 11.8 Å². The largest absolute Gasteiger partial charge is 0.381 e. The second-order valence-corrected chi connectivity index (χ2v) is 6.96. The summed E-state index contributed by atoms with van der Waals surface area (Å²) in [6, 6.07) is 1.90. The first-order valence-corrected chi connectivity index (χ1v) is 8.52. The van der Waals surface area contributed by atoms with Gasteiger partial charge in [-0.3, -0.25) is 14.5 Å². The SMILES string of the molecule is O=C(N[C@H]1CN(C2CCOCC2)C[C@@H]1C1CC1)c1cc(=O)[nH]o1. The third-order valence-corrected chi connectivity index (χ3v) is 5.39. The number of nitrogens with one attached hydrogen (secondary N) is 2. The first-order chi connectivity index (χ1) is 11.2. The van der Waals surface area contributed by atoms with E-state index in [-0.39, 0.29) is 23.3 Å². The van der Waals surface area contributed by atoms with Gasteiger partial charge < -0.3 is 14.6 Å². The highest BCUT2D eigenvalue weighted by Gasteiger charge is 2.44. The normalized spacial score (nSPS) is 29.7. The molecule has 1 saturated carbocycles. The number of rotatable bonds is 4. The van der Waals surface area contributed by atoms with Crippen LogP contribution in [0.25, 0.3) is 0 Å². The summed E-state index contributed by atoms with van der Waals surface area (Å²) >= 11 is 0. The van der Waals surface area contributed by atoms with Crippen LogP contribution in [0.3, 0.4) is 0 Å². The van der Waals surface area contributed by atoms with Crippen molar-refractivity contribution in [3.05, 3.63) is 22.2 Å². The van der Waals surface area contributed by atoms with Gasteiger partial charge in [-0.1, -0.05) is 0 Å². The summed E-state index contributed by atoms with van der Waals surface area (Å²) in [6.07, 6.45) is 4.67. The number of hydrogen-bond donors (Lipinski definition) is 2. The molecular formula is C16H23N3O4. The number of hydrogen-bond acceptors (Lipinski definition) is 5. The van der Waals surface area contributed by atoms with Crippen molar-refractivity contribution in [3.8, 4) is 0 Å². The minimum absolute atomic E-state index is 0.0639. The van der Waals surface area contributed by atoms with E-state index in [9.17, 15) is 9.59 Å². The summed E-state index contributed by atoms with van der Waals surface area (Å²) in [4.78, 5) is 25.9.